The van der Waals surface area contributed by atoms with Crippen LogP contribution < -0.4 is 5.73 Å². The van der Waals surface area contributed by atoms with Gasteiger partial charge < -0.3 is 5.73 Å². The number of nitrogen functional groups attached to an aromatic ring is 1. The molecule has 2 aromatic rings. The molecule has 0 fully saturated rings. The largest absolute Gasteiger partial charge is 0.398 e. The Morgan fingerprint density at radius 1 is 0.900 bits per heavy atom. The van der Waals surface area contributed by atoms with Crippen LogP contribution in [0.1, 0.15) is 49.1 Å². The molecule has 0 radical (unpaired) electrons. The van der Waals surface area contributed by atoms with E-state index in [1.165, 1.54) is 19.1 Å². The molecule has 98 valence electrons. The van der Waals surface area contributed by atoms with Crippen molar-refractivity contribution in [1.82, 2.24) is 0 Å². The van der Waals surface area contributed by atoms with Crippen molar-refractivity contribution < 1.29 is 14.4 Å². The summed E-state index contributed by atoms with van der Waals surface area (Å²) < 4.78 is 0. The van der Waals surface area contributed by atoms with Crippen molar-refractivity contribution in [1.29, 1.82) is 0 Å². The van der Waals surface area contributed by atoms with Crippen molar-refractivity contribution >= 4 is 23.0 Å². The minimum absolute atomic E-state index is 0.0860. The number of ketones is 3. The van der Waals surface area contributed by atoms with Gasteiger partial charge in [-0.15, -0.1) is 0 Å². The van der Waals surface area contributed by atoms with Crippen LogP contribution >= 0.6 is 0 Å². The van der Waals surface area contributed by atoms with Gasteiger partial charge >= 0.3 is 0 Å². The van der Waals surface area contributed by atoms with Gasteiger partial charge in [-0.25, -0.2) is 0 Å². The molecule has 1 aliphatic rings. The highest BCUT2D eigenvalue weighted by atomic mass is 16.1. The van der Waals surface area contributed by atoms with Crippen LogP contribution in [0, 0.1) is 0 Å². The van der Waals surface area contributed by atoms with Crippen LogP contribution in [0.2, 0.25) is 0 Å². The van der Waals surface area contributed by atoms with E-state index in [9.17, 15) is 14.4 Å². The highest BCUT2D eigenvalue weighted by Crippen LogP contribution is 2.32. The Balaban J connectivity index is 2.34. The lowest BCUT2D eigenvalue weighted by molar-refractivity contribution is 0.0978. The highest BCUT2D eigenvalue weighted by molar-refractivity contribution is 6.30. The number of fused-ring (bicyclic) bond motifs is 2. The van der Waals surface area contributed by atoms with E-state index in [0.29, 0.717) is 11.1 Å². The molecule has 3 rings (SSSR count). The van der Waals surface area contributed by atoms with E-state index in [4.69, 9.17) is 5.73 Å². The van der Waals surface area contributed by atoms with Crippen LogP contribution in [0.4, 0.5) is 5.69 Å². The second kappa shape index (κ2) is 4.13. The van der Waals surface area contributed by atoms with E-state index in [2.05, 4.69) is 0 Å². The number of benzene rings is 2. The zero-order valence-electron chi connectivity index (χ0n) is 10.8. The third-order valence-electron chi connectivity index (χ3n) is 3.51. The molecule has 0 bridgehead atoms. The zero-order valence-corrected chi connectivity index (χ0v) is 10.8. The summed E-state index contributed by atoms with van der Waals surface area (Å²) in [5.41, 5.74) is 7.38. The van der Waals surface area contributed by atoms with E-state index >= 15 is 0 Å². The third-order valence-corrected chi connectivity index (χ3v) is 3.51. The predicted octanol–water partition coefficient (Wildman–Crippen LogP) is 2.25. The first-order valence-electron chi connectivity index (χ1n) is 6.14. The van der Waals surface area contributed by atoms with Gasteiger partial charge in [-0.1, -0.05) is 24.3 Å². The Morgan fingerprint density at radius 3 is 2.10 bits per heavy atom. The van der Waals surface area contributed by atoms with Crippen LogP contribution in [-0.2, 0) is 0 Å². The summed E-state index contributed by atoms with van der Waals surface area (Å²) in [6.45, 7) is 1.38. The number of rotatable bonds is 1. The summed E-state index contributed by atoms with van der Waals surface area (Å²) in [5, 5.41) is 0. The molecule has 2 N–H and O–H groups in total. The van der Waals surface area contributed by atoms with Crippen molar-refractivity contribution in [3.8, 4) is 0 Å². The first kappa shape index (κ1) is 12.3. The summed E-state index contributed by atoms with van der Waals surface area (Å²) in [5.74, 6) is -0.780. The summed E-state index contributed by atoms with van der Waals surface area (Å²) in [4.78, 5) is 36.4. The molecular weight excluding hydrogens is 254 g/mol. The SMILES string of the molecule is CC(=O)c1ccc2c(c1N)C(=O)c1ccccc1C2=O. The monoisotopic (exact) mass is 265 g/mol. The van der Waals surface area contributed by atoms with Gasteiger partial charge in [-0.05, 0) is 19.1 Å². The second-order valence-corrected chi connectivity index (χ2v) is 4.71. The number of carbonyl (C=O) groups excluding carboxylic acids is 3. The normalized spacial score (nSPS) is 12.8. The van der Waals surface area contributed by atoms with Crippen LogP contribution in [0.5, 0.6) is 0 Å². The van der Waals surface area contributed by atoms with Gasteiger partial charge in [-0.2, -0.15) is 0 Å². The molecule has 4 heteroatoms. The summed E-state index contributed by atoms with van der Waals surface area (Å²) in [6.07, 6.45) is 0. The number of hydrogen-bond donors (Lipinski definition) is 1. The average Bonchev–Trinajstić information content (AvgIpc) is 2.44. The van der Waals surface area contributed by atoms with Crippen LogP contribution in [0.25, 0.3) is 0 Å². The third kappa shape index (κ3) is 1.51. The Hall–Kier alpha value is -2.75. The molecule has 0 unspecified atom stereocenters. The van der Waals surface area contributed by atoms with Crippen molar-refractivity contribution in [3.05, 3.63) is 64.2 Å². The lowest BCUT2D eigenvalue weighted by Gasteiger charge is -2.19. The molecule has 0 saturated carbocycles. The Labute approximate surface area is 115 Å². The standard InChI is InChI=1S/C16H11NO3/c1-8(18)9-6-7-12-13(14(9)17)16(20)11-5-3-2-4-10(11)15(12)19/h2-7H,17H2,1H3. The second-order valence-electron chi connectivity index (χ2n) is 4.71. The molecule has 0 amide bonds. The first-order chi connectivity index (χ1) is 9.52. The van der Waals surface area contributed by atoms with Gasteiger partial charge in [0, 0.05) is 22.3 Å². The van der Waals surface area contributed by atoms with Crippen molar-refractivity contribution in [3.63, 3.8) is 0 Å². The van der Waals surface area contributed by atoms with E-state index in [-0.39, 0.29) is 39.7 Å². The first-order valence-corrected chi connectivity index (χ1v) is 6.14. The molecule has 0 spiro atoms. The fourth-order valence-corrected chi connectivity index (χ4v) is 2.52. The smallest absolute Gasteiger partial charge is 0.196 e. The van der Waals surface area contributed by atoms with Gasteiger partial charge in [-0.3, -0.25) is 14.4 Å². The fourth-order valence-electron chi connectivity index (χ4n) is 2.52. The van der Waals surface area contributed by atoms with Crippen LogP contribution in [0.15, 0.2) is 36.4 Å². The summed E-state index contributed by atoms with van der Waals surface area (Å²) in [6, 6.07) is 9.61. The van der Waals surface area contributed by atoms with Crippen molar-refractivity contribution in [2.45, 2.75) is 6.92 Å². The van der Waals surface area contributed by atoms with Crippen molar-refractivity contribution in [2.75, 3.05) is 5.73 Å². The Bertz CT molecular complexity index is 790. The molecule has 2 aromatic carbocycles. The molecule has 20 heavy (non-hydrogen) atoms. The van der Waals surface area contributed by atoms with E-state index in [1.807, 2.05) is 0 Å². The topological polar surface area (TPSA) is 77.2 Å². The lowest BCUT2D eigenvalue weighted by Crippen LogP contribution is -2.23. The zero-order chi connectivity index (χ0) is 14.4. The Morgan fingerprint density at radius 2 is 1.50 bits per heavy atom. The predicted molar refractivity (Wildman–Crippen MR) is 74.2 cm³/mol. The molecule has 4 nitrogen and oxygen atoms in total. The maximum absolute atomic E-state index is 12.5. The van der Waals surface area contributed by atoms with Crippen molar-refractivity contribution in [2.24, 2.45) is 0 Å². The minimum atomic E-state index is -0.309. The van der Waals surface area contributed by atoms with Gasteiger partial charge in [0.25, 0.3) is 0 Å². The van der Waals surface area contributed by atoms with E-state index in [0.717, 1.165) is 0 Å². The molecular formula is C16H11NO3. The molecule has 0 heterocycles. The average molecular weight is 265 g/mol. The maximum Gasteiger partial charge on any atom is 0.196 e. The molecule has 0 saturated heterocycles. The maximum atomic E-state index is 12.5. The van der Waals surface area contributed by atoms with Gasteiger partial charge in [0.1, 0.15) is 0 Å². The summed E-state index contributed by atoms with van der Waals surface area (Å²) >= 11 is 0. The van der Waals surface area contributed by atoms with Gasteiger partial charge in [0.05, 0.1) is 11.3 Å². The van der Waals surface area contributed by atoms with Crippen LogP contribution in [-0.4, -0.2) is 17.3 Å². The number of anilines is 1. The molecule has 1 aliphatic carbocycles. The highest BCUT2D eigenvalue weighted by Gasteiger charge is 2.32. The lowest BCUT2D eigenvalue weighted by atomic mass is 9.82. The number of nitrogens with two attached hydrogens (primary N) is 1. The minimum Gasteiger partial charge on any atom is -0.398 e. The molecule has 0 aliphatic heterocycles. The Kier molecular flexibility index (Phi) is 2.54. The molecule has 0 atom stereocenters. The quantitative estimate of drug-likeness (QED) is 0.540. The van der Waals surface area contributed by atoms with Crippen LogP contribution in [0.3, 0.4) is 0 Å². The summed E-state index contributed by atoms with van der Waals surface area (Å²) in [7, 11) is 0. The fraction of sp³-hybridized carbons (Fsp3) is 0.0625. The van der Waals surface area contributed by atoms with E-state index in [1.54, 1.807) is 24.3 Å². The number of carbonyl (C=O) groups is 3. The molecule has 0 aromatic heterocycles. The van der Waals surface area contributed by atoms with Gasteiger partial charge in [0.15, 0.2) is 17.3 Å². The number of hydrogen-bond acceptors (Lipinski definition) is 4. The number of Topliss-reactive ketones (excluding diaryl/α,β-unsaturated/α-hetero) is 1. The van der Waals surface area contributed by atoms with E-state index < -0.39 is 0 Å². The van der Waals surface area contributed by atoms with Gasteiger partial charge in [0.2, 0.25) is 0 Å².